The van der Waals surface area contributed by atoms with Gasteiger partial charge >= 0.3 is 0 Å². The summed E-state index contributed by atoms with van der Waals surface area (Å²) in [6.45, 7) is 8.24. The highest BCUT2D eigenvalue weighted by atomic mass is 32.2. The van der Waals surface area contributed by atoms with Gasteiger partial charge in [0.1, 0.15) is 5.82 Å². The summed E-state index contributed by atoms with van der Waals surface area (Å²) in [5.74, 6) is 3.82. The van der Waals surface area contributed by atoms with E-state index in [0.717, 1.165) is 18.9 Å². The van der Waals surface area contributed by atoms with Crippen LogP contribution in [0.4, 0.5) is 11.5 Å². The molecule has 20 heavy (non-hydrogen) atoms. The normalized spacial score (nSPS) is 16.4. The van der Waals surface area contributed by atoms with Gasteiger partial charge < -0.3 is 15.8 Å². The van der Waals surface area contributed by atoms with Gasteiger partial charge in [-0.1, -0.05) is 0 Å². The number of ether oxygens (including phenoxy) is 1. The van der Waals surface area contributed by atoms with E-state index in [0.29, 0.717) is 11.6 Å². The molecule has 1 fully saturated rings. The van der Waals surface area contributed by atoms with E-state index in [4.69, 9.17) is 10.5 Å². The Morgan fingerprint density at radius 2 is 2.15 bits per heavy atom. The third kappa shape index (κ3) is 4.76. The third-order valence-corrected chi connectivity index (χ3v) is 4.02. The number of hydrogen-bond acceptors (Lipinski definition) is 6. The Bertz CT molecular complexity index is 422. The molecule has 0 atom stereocenters. The minimum atomic E-state index is 0.0749. The first-order valence-corrected chi connectivity index (χ1v) is 8.28. The molecule has 1 aliphatic rings. The molecular weight excluding hydrogens is 272 g/mol. The van der Waals surface area contributed by atoms with E-state index in [1.54, 1.807) is 0 Å². The quantitative estimate of drug-likeness (QED) is 0.836. The smallest absolute Gasteiger partial charge is 0.239 e. The first-order chi connectivity index (χ1) is 9.65. The minimum Gasteiger partial charge on any atom is -0.473 e. The Morgan fingerprint density at radius 1 is 1.40 bits per heavy atom. The van der Waals surface area contributed by atoms with Crippen molar-refractivity contribution in [2.45, 2.75) is 20.0 Å². The van der Waals surface area contributed by atoms with Crippen molar-refractivity contribution < 1.29 is 4.74 Å². The van der Waals surface area contributed by atoms with Crippen LogP contribution in [-0.4, -0.2) is 53.7 Å². The van der Waals surface area contributed by atoms with Gasteiger partial charge in [-0.2, -0.15) is 16.7 Å². The lowest BCUT2D eigenvalue weighted by Crippen LogP contribution is -2.36. The van der Waals surface area contributed by atoms with Crippen LogP contribution in [0.3, 0.4) is 0 Å². The molecular formula is C14H24N4OS. The molecule has 0 amide bonds. The van der Waals surface area contributed by atoms with Crippen molar-refractivity contribution in [1.82, 2.24) is 9.88 Å². The number of nitrogen functional groups attached to an aromatic ring is 1. The number of nitrogens with two attached hydrogens (primary N) is 1. The average molecular weight is 296 g/mol. The molecule has 1 aliphatic heterocycles. The Labute approximate surface area is 125 Å². The van der Waals surface area contributed by atoms with Gasteiger partial charge in [-0.15, -0.1) is 0 Å². The molecule has 0 aromatic carbocycles. The predicted octanol–water partition coefficient (Wildman–Crippen LogP) is 1.91. The number of thioether (sulfide) groups is 1. The van der Waals surface area contributed by atoms with Crippen molar-refractivity contribution in [3.63, 3.8) is 0 Å². The molecule has 0 bridgehead atoms. The fraction of sp³-hybridized carbons (Fsp3) is 0.643. The second kappa shape index (κ2) is 7.59. The summed E-state index contributed by atoms with van der Waals surface area (Å²) in [7, 11) is 0. The summed E-state index contributed by atoms with van der Waals surface area (Å²) in [6.07, 6.45) is 0.0749. The van der Waals surface area contributed by atoms with E-state index in [-0.39, 0.29) is 6.10 Å². The van der Waals surface area contributed by atoms with Gasteiger partial charge in [0.25, 0.3) is 0 Å². The van der Waals surface area contributed by atoms with Crippen molar-refractivity contribution >= 4 is 23.3 Å². The minimum absolute atomic E-state index is 0.0749. The van der Waals surface area contributed by atoms with E-state index in [9.17, 15) is 0 Å². The number of anilines is 2. The molecule has 2 rings (SSSR count). The second-order valence-corrected chi connectivity index (χ2v) is 6.36. The highest BCUT2D eigenvalue weighted by Crippen LogP contribution is 2.21. The SMILES string of the molecule is CC(C)Oc1nc(NCCN2CCSCC2)ccc1N. The first kappa shape index (κ1) is 15.3. The van der Waals surface area contributed by atoms with Crippen LogP contribution >= 0.6 is 11.8 Å². The Morgan fingerprint density at radius 3 is 2.85 bits per heavy atom. The maximum absolute atomic E-state index is 5.86. The third-order valence-electron chi connectivity index (χ3n) is 3.07. The maximum atomic E-state index is 5.86. The standard InChI is InChI=1S/C14H24N4OS/c1-11(2)19-14-12(15)3-4-13(17-14)16-5-6-18-7-9-20-10-8-18/h3-4,11H,5-10,15H2,1-2H3,(H,16,17). The summed E-state index contributed by atoms with van der Waals surface area (Å²) in [5, 5.41) is 3.34. The monoisotopic (exact) mass is 296 g/mol. The zero-order valence-electron chi connectivity index (χ0n) is 12.3. The largest absolute Gasteiger partial charge is 0.473 e. The van der Waals surface area contributed by atoms with Crippen LogP contribution in [0.25, 0.3) is 0 Å². The van der Waals surface area contributed by atoms with Crippen molar-refractivity contribution in [1.29, 1.82) is 0 Å². The topological polar surface area (TPSA) is 63.4 Å². The Kier molecular flexibility index (Phi) is 5.79. The molecule has 112 valence electrons. The summed E-state index contributed by atoms with van der Waals surface area (Å²) < 4.78 is 5.59. The Balaban J connectivity index is 1.82. The van der Waals surface area contributed by atoms with Crippen LogP contribution in [0.5, 0.6) is 5.88 Å². The van der Waals surface area contributed by atoms with E-state index in [1.807, 2.05) is 37.7 Å². The molecule has 6 heteroatoms. The second-order valence-electron chi connectivity index (χ2n) is 5.14. The zero-order chi connectivity index (χ0) is 14.4. The summed E-state index contributed by atoms with van der Waals surface area (Å²) >= 11 is 2.03. The molecule has 0 saturated carbocycles. The molecule has 3 N–H and O–H groups in total. The molecule has 5 nitrogen and oxygen atoms in total. The van der Waals surface area contributed by atoms with Crippen molar-refractivity contribution in [2.24, 2.45) is 0 Å². The van der Waals surface area contributed by atoms with Crippen LogP contribution < -0.4 is 15.8 Å². The molecule has 0 aliphatic carbocycles. The lowest BCUT2D eigenvalue weighted by Gasteiger charge is -2.26. The van der Waals surface area contributed by atoms with Gasteiger partial charge in [-0.25, -0.2) is 0 Å². The van der Waals surface area contributed by atoms with E-state index < -0.39 is 0 Å². The average Bonchev–Trinajstić information content (AvgIpc) is 2.43. The predicted molar refractivity (Wildman–Crippen MR) is 86.7 cm³/mol. The van der Waals surface area contributed by atoms with Gasteiger partial charge in [0, 0.05) is 37.7 Å². The van der Waals surface area contributed by atoms with Gasteiger partial charge in [0.2, 0.25) is 5.88 Å². The van der Waals surface area contributed by atoms with Crippen molar-refractivity contribution in [2.75, 3.05) is 48.7 Å². The van der Waals surface area contributed by atoms with Gasteiger partial charge in [-0.3, -0.25) is 4.90 Å². The number of aromatic nitrogens is 1. The molecule has 1 aromatic rings. The van der Waals surface area contributed by atoms with Crippen LogP contribution in [-0.2, 0) is 0 Å². The number of pyridine rings is 1. The van der Waals surface area contributed by atoms with E-state index >= 15 is 0 Å². The fourth-order valence-corrected chi connectivity index (χ4v) is 3.01. The maximum Gasteiger partial charge on any atom is 0.239 e. The summed E-state index contributed by atoms with van der Waals surface area (Å²) in [5.41, 5.74) is 6.44. The lowest BCUT2D eigenvalue weighted by molar-refractivity contribution is 0.234. The van der Waals surface area contributed by atoms with Crippen molar-refractivity contribution in [3.05, 3.63) is 12.1 Å². The van der Waals surface area contributed by atoms with Crippen LogP contribution in [0.1, 0.15) is 13.8 Å². The highest BCUT2D eigenvalue weighted by Gasteiger charge is 2.10. The number of rotatable bonds is 6. The molecule has 0 radical (unpaired) electrons. The zero-order valence-corrected chi connectivity index (χ0v) is 13.1. The number of nitrogens with one attached hydrogen (secondary N) is 1. The fourth-order valence-electron chi connectivity index (χ4n) is 2.03. The molecule has 1 saturated heterocycles. The van der Waals surface area contributed by atoms with Crippen LogP contribution in [0.2, 0.25) is 0 Å². The van der Waals surface area contributed by atoms with Gasteiger partial charge in [0.15, 0.2) is 0 Å². The lowest BCUT2D eigenvalue weighted by atomic mass is 10.3. The highest BCUT2D eigenvalue weighted by molar-refractivity contribution is 7.99. The number of nitrogens with zero attached hydrogens (tertiary/aromatic N) is 2. The van der Waals surface area contributed by atoms with Gasteiger partial charge in [0.05, 0.1) is 11.8 Å². The van der Waals surface area contributed by atoms with Gasteiger partial charge in [-0.05, 0) is 26.0 Å². The molecule has 0 spiro atoms. The van der Waals surface area contributed by atoms with Crippen LogP contribution in [0, 0.1) is 0 Å². The Hall–Kier alpha value is -1.14. The van der Waals surface area contributed by atoms with Crippen molar-refractivity contribution in [3.8, 4) is 5.88 Å². The molecule has 2 heterocycles. The molecule has 0 unspecified atom stereocenters. The van der Waals surface area contributed by atoms with Crippen LogP contribution in [0.15, 0.2) is 12.1 Å². The summed E-state index contributed by atoms with van der Waals surface area (Å²) in [4.78, 5) is 6.89. The summed E-state index contributed by atoms with van der Waals surface area (Å²) in [6, 6.07) is 3.74. The number of hydrogen-bond donors (Lipinski definition) is 2. The first-order valence-electron chi connectivity index (χ1n) is 7.12. The molecule has 1 aromatic heterocycles. The van der Waals surface area contributed by atoms with E-state index in [2.05, 4.69) is 15.2 Å². The van der Waals surface area contributed by atoms with E-state index in [1.165, 1.54) is 24.6 Å².